The van der Waals surface area contributed by atoms with E-state index in [9.17, 15) is 9.59 Å². The van der Waals surface area contributed by atoms with Crippen LogP contribution in [0.4, 0.5) is 11.4 Å². The molecule has 180 valence electrons. The summed E-state index contributed by atoms with van der Waals surface area (Å²) in [7, 11) is 0. The number of hydrogen-bond acceptors (Lipinski definition) is 6. The van der Waals surface area contributed by atoms with Gasteiger partial charge in [-0.2, -0.15) is 11.8 Å². The molecule has 0 aromatic heterocycles. The molecular formula is C23H32N4O5S. The second-order valence-corrected chi connectivity index (χ2v) is 8.75. The number of morpholine rings is 1. The lowest BCUT2D eigenvalue weighted by Crippen LogP contribution is -2.36. The van der Waals surface area contributed by atoms with Gasteiger partial charge in [0.15, 0.2) is 5.96 Å². The standard InChI is InChI=1S/C14H22N4OS.C9H10O4/c1-20-11-6-16-14(15)17-12-4-2-3-5-13(12)18-7-9-19-10-8-18;1-9(8(12)13)4-2-3-6(5-9)7(10)11/h2-5H,6-11H2,1H3,(H3,15,16,17);2-4H,5H2,1H3,(H,10,11)(H,12,13). The minimum atomic E-state index is -1.08. The lowest BCUT2D eigenvalue weighted by Gasteiger charge is -2.29. The summed E-state index contributed by atoms with van der Waals surface area (Å²) in [5.41, 5.74) is 7.00. The molecule has 10 heteroatoms. The van der Waals surface area contributed by atoms with E-state index in [1.165, 1.54) is 25.2 Å². The van der Waals surface area contributed by atoms with Gasteiger partial charge in [-0.15, -0.1) is 0 Å². The molecule has 1 aliphatic carbocycles. The summed E-state index contributed by atoms with van der Waals surface area (Å²) in [6, 6.07) is 8.09. The van der Waals surface area contributed by atoms with Gasteiger partial charge in [-0.25, -0.2) is 9.79 Å². The molecule has 1 aromatic carbocycles. The number of rotatable bonds is 7. The average molecular weight is 477 g/mol. The molecule has 2 aliphatic rings. The van der Waals surface area contributed by atoms with Crippen molar-refractivity contribution in [3.05, 3.63) is 48.1 Å². The first-order valence-electron chi connectivity index (χ1n) is 10.6. The van der Waals surface area contributed by atoms with Crippen LogP contribution in [0.25, 0.3) is 0 Å². The Morgan fingerprint density at radius 2 is 1.97 bits per heavy atom. The number of nitrogens with one attached hydrogen (secondary N) is 1. The van der Waals surface area contributed by atoms with E-state index in [1.807, 2.05) is 18.2 Å². The summed E-state index contributed by atoms with van der Waals surface area (Å²) >= 11 is 1.78. The zero-order chi connectivity index (χ0) is 24.3. The average Bonchev–Trinajstić information content (AvgIpc) is 2.80. The second-order valence-electron chi connectivity index (χ2n) is 7.76. The number of carboxylic acid groups (broad SMARTS) is 2. The van der Waals surface area contributed by atoms with Crippen LogP contribution in [-0.4, -0.2) is 73.0 Å². The number of allylic oxidation sites excluding steroid dienone is 2. The van der Waals surface area contributed by atoms with Gasteiger partial charge in [-0.3, -0.25) is 4.79 Å². The van der Waals surface area contributed by atoms with Crippen LogP contribution >= 0.6 is 11.8 Å². The number of hydrogen-bond donors (Lipinski definition) is 4. The van der Waals surface area contributed by atoms with Gasteiger partial charge in [-0.05, 0) is 31.7 Å². The lowest BCUT2D eigenvalue weighted by molar-refractivity contribution is -0.145. The number of aliphatic imine (C=N–C) groups is 1. The third kappa shape index (κ3) is 8.14. The highest BCUT2D eigenvalue weighted by Gasteiger charge is 2.34. The Morgan fingerprint density at radius 3 is 2.61 bits per heavy atom. The highest BCUT2D eigenvalue weighted by molar-refractivity contribution is 7.98. The number of aliphatic carboxylic acids is 2. The Kier molecular flexibility index (Phi) is 10.3. The number of nitrogens with two attached hydrogens (primary N) is 1. The fourth-order valence-electron chi connectivity index (χ4n) is 3.26. The maximum atomic E-state index is 10.8. The molecular weight excluding hydrogens is 444 g/mol. The number of benzene rings is 1. The van der Waals surface area contributed by atoms with Crippen molar-refractivity contribution in [3.8, 4) is 0 Å². The minimum absolute atomic E-state index is 0.0359. The van der Waals surface area contributed by atoms with Gasteiger partial charge < -0.3 is 30.9 Å². The van der Waals surface area contributed by atoms with Gasteiger partial charge in [-0.1, -0.05) is 30.4 Å². The minimum Gasteiger partial charge on any atom is -0.481 e. The van der Waals surface area contributed by atoms with Gasteiger partial charge in [0.05, 0.1) is 30.0 Å². The topological polar surface area (TPSA) is 137 Å². The third-order valence-electron chi connectivity index (χ3n) is 5.17. The fraction of sp³-hybridized carbons (Fsp3) is 0.435. The van der Waals surface area contributed by atoms with E-state index in [1.54, 1.807) is 11.8 Å². The Labute approximate surface area is 198 Å². The van der Waals surface area contributed by atoms with Crippen LogP contribution in [-0.2, 0) is 14.3 Å². The molecule has 3 rings (SSSR count). The van der Waals surface area contributed by atoms with Gasteiger partial charge in [0.2, 0.25) is 0 Å². The molecule has 9 nitrogen and oxygen atoms in total. The summed E-state index contributed by atoms with van der Waals surface area (Å²) in [6.07, 6.45) is 6.51. The summed E-state index contributed by atoms with van der Waals surface area (Å²) in [4.78, 5) is 28.1. The number of anilines is 1. The SMILES string of the molecule is CC1(C(=O)O)C=CC=C(C(=O)O)C1.CSCCNC(N)=Nc1ccccc1N1CCOCC1. The quantitative estimate of drug-likeness (QED) is 0.266. The predicted molar refractivity (Wildman–Crippen MR) is 132 cm³/mol. The molecule has 1 aromatic rings. The van der Waals surface area contributed by atoms with E-state index in [-0.39, 0.29) is 12.0 Å². The number of para-hydroxylation sites is 2. The van der Waals surface area contributed by atoms with Gasteiger partial charge in [0, 0.05) is 31.0 Å². The van der Waals surface area contributed by atoms with Crippen molar-refractivity contribution in [1.29, 1.82) is 0 Å². The molecule has 1 atom stereocenters. The van der Waals surface area contributed by atoms with Crippen LogP contribution in [0, 0.1) is 5.41 Å². The smallest absolute Gasteiger partial charge is 0.331 e. The van der Waals surface area contributed by atoms with Crippen molar-refractivity contribution in [2.45, 2.75) is 13.3 Å². The molecule has 5 N–H and O–H groups in total. The highest BCUT2D eigenvalue weighted by atomic mass is 32.2. The van der Waals surface area contributed by atoms with Crippen LogP contribution in [0.2, 0.25) is 0 Å². The molecule has 0 spiro atoms. The molecule has 0 bridgehead atoms. The van der Waals surface area contributed by atoms with Crippen LogP contribution in [0.3, 0.4) is 0 Å². The lowest BCUT2D eigenvalue weighted by atomic mass is 9.80. The molecule has 1 unspecified atom stereocenters. The highest BCUT2D eigenvalue weighted by Crippen LogP contribution is 2.31. The van der Waals surface area contributed by atoms with Crippen molar-refractivity contribution >= 4 is 41.0 Å². The van der Waals surface area contributed by atoms with Crippen LogP contribution in [0.1, 0.15) is 13.3 Å². The van der Waals surface area contributed by atoms with Crippen molar-refractivity contribution in [2.75, 3.05) is 49.8 Å². The first-order chi connectivity index (χ1) is 15.8. The van der Waals surface area contributed by atoms with Gasteiger partial charge in [0.1, 0.15) is 0 Å². The number of nitrogens with zero attached hydrogens (tertiary/aromatic N) is 2. The largest absolute Gasteiger partial charge is 0.481 e. The van der Waals surface area contributed by atoms with E-state index >= 15 is 0 Å². The molecule has 0 amide bonds. The summed E-state index contributed by atoms with van der Waals surface area (Å²) < 4.78 is 5.39. The Hall–Kier alpha value is -2.98. The van der Waals surface area contributed by atoms with Crippen molar-refractivity contribution in [1.82, 2.24) is 5.32 Å². The Morgan fingerprint density at radius 1 is 1.27 bits per heavy atom. The number of thioether (sulfide) groups is 1. The zero-order valence-corrected chi connectivity index (χ0v) is 19.8. The second kappa shape index (κ2) is 12.9. The van der Waals surface area contributed by atoms with Gasteiger partial charge >= 0.3 is 11.9 Å². The van der Waals surface area contributed by atoms with Crippen LogP contribution in [0.15, 0.2) is 53.1 Å². The predicted octanol–water partition coefficient (Wildman–Crippen LogP) is 2.47. The summed E-state index contributed by atoms with van der Waals surface area (Å²) in [6.45, 7) is 5.65. The molecule has 1 heterocycles. The number of ether oxygens (including phenoxy) is 1. The maximum absolute atomic E-state index is 10.8. The van der Waals surface area contributed by atoms with Crippen molar-refractivity contribution in [3.63, 3.8) is 0 Å². The van der Waals surface area contributed by atoms with E-state index in [4.69, 9.17) is 20.7 Å². The number of guanidine groups is 1. The number of carbonyl (C=O) groups is 2. The van der Waals surface area contributed by atoms with Crippen LogP contribution in [0.5, 0.6) is 0 Å². The molecule has 33 heavy (non-hydrogen) atoms. The first-order valence-corrected chi connectivity index (χ1v) is 12.0. The van der Waals surface area contributed by atoms with Crippen molar-refractivity contribution in [2.24, 2.45) is 16.1 Å². The Balaban J connectivity index is 0.000000257. The summed E-state index contributed by atoms with van der Waals surface area (Å²) in [5.74, 6) is -0.575. The molecule has 1 saturated heterocycles. The molecule has 1 aliphatic heterocycles. The van der Waals surface area contributed by atoms with E-state index in [0.29, 0.717) is 5.96 Å². The summed E-state index contributed by atoms with van der Waals surface area (Å²) in [5, 5.41) is 20.6. The molecule has 0 saturated carbocycles. The normalized spacial score (nSPS) is 20.4. The maximum Gasteiger partial charge on any atom is 0.331 e. The van der Waals surface area contributed by atoms with E-state index in [0.717, 1.165) is 50.0 Å². The fourth-order valence-corrected chi connectivity index (χ4v) is 3.57. The number of carboxylic acids is 2. The Bertz CT molecular complexity index is 912. The van der Waals surface area contributed by atoms with Gasteiger partial charge in [0.25, 0.3) is 0 Å². The zero-order valence-electron chi connectivity index (χ0n) is 19.0. The van der Waals surface area contributed by atoms with Crippen LogP contribution < -0.4 is 16.0 Å². The van der Waals surface area contributed by atoms with Crippen molar-refractivity contribution < 1.29 is 24.5 Å². The molecule has 0 radical (unpaired) electrons. The third-order valence-corrected chi connectivity index (χ3v) is 5.78. The molecule has 1 fully saturated rings. The van der Waals surface area contributed by atoms with E-state index in [2.05, 4.69) is 27.5 Å². The monoisotopic (exact) mass is 476 g/mol. The first kappa shape index (κ1) is 26.3. The van der Waals surface area contributed by atoms with E-state index < -0.39 is 17.4 Å².